The average molecular weight is 387 g/mol. The van der Waals surface area contributed by atoms with Gasteiger partial charge in [-0.25, -0.2) is 0 Å². The number of amides is 1. The Labute approximate surface area is 142 Å². The highest BCUT2D eigenvalue weighted by Crippen LogP contribution is 2.26. The molecule has 0 aromatic heterocycles. The van der Waals surface area contributed by atoms with Gasteiger partial charge in [0.05, 0.1) is 16.1 Å². The van der Waals surface area contributed by atoms with Crippen molar-refractivity contribution in [1.29, 1.82) is 0 Å². The highest BCUT2D eigenvalue weighted by atomic mass is 79.9. The molecule has 21 heavy (non-hydrogen) atoms. The van der Waals surface area contributed by atoms with Crippen LogP contribution in [0.15, 0.2) is 40.9 Å². The molecule has 0 heterocycles. The lowest BCUT2D eigenvalue weighted by molar-refractivity contribution is 0.0940. The van der Waals surface area contributed by atoms with Crippen LogP contribution < -0.4 is 5.32 Å². The van der Waals surface area contributed by atoms with Crippen LogP contribution in [0.1, 0.15) is 34.5 Å². The lowest BCUT2D eigenvalue weighted by atomic mass is 10.1. The molecule has 0 fully saturated rings. The third-order valence-electron chi connectivity index (χ3n) is 3.23. The Kier molecular flexibility index (Phi) is 5.31. The van der Waals surface area contributed by atoms with E-state index < -0.39 is 0 Å². The lowest BCUT2D eigenvalue weighted by Crippen LogP contribution is -2.26. The van der Waals surface area contributed by atoms with Gasteiger partial charge in [-0.05, 0) is 49.2 Å². The SMILES string of the molecule is Cc1ccc(C(=O)NC(C)c2ccc(Cl)c(Cl)c2)cc1Br. The van der Waals surface area contributed by atoms with Gasteiger partial charge >= 0.3 is 0 Å². The number of halogens is 3. The van der Waals surface area contributed by atoms with Crippen molar-refractivity contribution in [3.05, 3.63) is 67.6 Å². The summed E-state index contributed by atoms with van der Waals surface area (Å²) in [5.74, 6) is -0.130. The molecule has 1 unspecified atom stereocenters. The Bertz CT molecular complexity index is 688. The van der Waals surface area contributed by atoms with Crippen LogP contribution in [0.4, 0.5) is 0 Å². The molecule has 0 radical (unpaired) electrons. The molecule has 2 nitrogen and oxygen atoms in total. The first kappa shape index (κ1) is 16.3. The molecule has 0 bridgehead atoms. The lowest BCUT2D eigenvalue weighted by Gasteiger charge is -2.15. The molecule has 2 rings (SSSR count). The first-order valence-corrected chi connectivity index (χ1v) is 7.95. The topological polar surface area (TPSA) is 29.1 Å². The second-order valence-electron chi connectivity index (χ2n) is 4.83. The standard InChI is InChI=1S/C16H14BrCl2NO/c1-9-3-4-12(7-13(9)17)16(21)20-10(2)11-5-6-14(18)15(19)8-11/h3-8,10H,1-2H3,(H,20,21). The second-order valence-corrected chi connectivity index (χ2v) is 6.50. The third-order valence-corrected chi connectivity index (χ3v) is 4.82. The highest BCUT2D eigenvalue weighted by molar-refractivity contribution is 9.10. The van der Waals surface area contributed by atoms with Gasteiger partial charge in [0.25, 0.3) is 5.91 Å². The third kappa shape index (κ3) is 4.00. The molecule has 0 saturated carbocycles. The maximum Gasteiger partial charge on any atom is 0.251 e. The summed E-state index contributed by atoms with van der Waals surface area (Å²) >= 11 is 15.3. The Morgan fingerprint density at radius 2 is 1.86 bits per heavy atom. The summed E-state index contributed by atoms with van der Waals surface area (Å²) in [5.41, 5.74) is 2.60. The number of hydrogen-bond acceptors (Lipinski definition) is 1. The minimum atomic E-state index is -0.160. The van der Waals surface area contributed by atoms with E-state index in [0.29, 0.717) is 15.6 Å². The van der Waals surface area contributed by atoms with Crippen molar-refractivity contribution < 1.29 is 4.79 Å². The van der Waals surface area contributed by atoms with Gasteiger partial charge in [-0.3, -0.25) is 4.79 Å². The number of nitrogens with one attached hydrogen (secondary N) is 1. The number of carbonyl (C=O) groups excluding carboxylic acids is 1. The van der Waals surface area contributed by atoms with E-state index in [0.717, 1.165) is 15.6 Å². The summed E-state index contributed by atoms with van der Waals surface area (Å²) in [7, 11) is 0. The minimum absolute atomic E-state index is 0.130. The van der Waals surface area contributed by atoms with Gasteiger partial charge in [-0.2, -0.15) is 0 Å². The van der Waals surface area contributed by atoms with E-state index >= 15 is 0 Å². The van der Waals surface area contributed by atoms with Gasteiger partial charge < -0.3 is 5.32 Å². The molecule has 1 atom stereocenters. The molecule has 1 amide bonds. The number of hydrogen-bond donors (Lipinski definition) is 1. The van der Waals surface area contributed by atoms with Crippen molar-refractivity contribution in [2.45, 2.75) is 19.9 Å². The van der Waals surface area contributed by atoms with Crippen molar-refractivity contribution in [1.82, 2.24) is 5.32 Å². The van der Waals surface area contributed by atoms with Gasteiger partial charge in [0.15, 0.2) is 0 Å². The fourth-order valence-electron chi connectivity index (χ4n) is 1.88. The molecule has 0 aliphatic rings. The van der Waals surface area contributed by atoms with Crippen molar-refractivity contribution in [2.75, 3.05) is 0 Å². The van der Waals surface area contributed by atoms with Gasteiger partial charge in [0.1, 0.15) is 0 Å². The summed E-state index contributed by atoms with van der Waals surface area (Å²) in [5, 5.41) is 3.93. The van der Waals surface area contributed by atoms with Crippen molar-refractivity contribution in [3.8, 4) is 0 Å². The van der Waals surface area contributed by atoms with Gasteiger partial charge in [-0.1, -0.05) is 51.3 Å². The summed E-state index contributed by atoms with van der Waals surface area (Å²) in [6.45, 7) is 3.88. The number of aryl methyl sites for hydroxylation is 1. The zero-order valence-electron chi connectivity index (χ0n) is 11.6. The summed E-state index contributed by atoms with van der Waals surface area (Å²) in [6.07, 6.45) is 0. The van der Waals surface area contributed by atoms with Crippen molar-refractivity contribution in [2.24, 2.45) is 0 Å². The van der Waals surface area contributed by atoms with Crippen LogP contribution in [0, 0.1) is 6.92 Å². The van der Waals surface area contributed by atoms with E-state index in [1.54, 1.807) is 18.2 Å². The van der Waals surface area contributed by atoms with Crippen LogP contribution in [0.2, 0.25) is 10.0 Å². The van der Waals surface area contributed by atoms with Crippen LogP contribution in [0.25, 0.3) is 0 Å². The maximum absolute atomic E-state index is 12.3. The maximum atomic E-state index is 12.3. The van der Waals surface area contributed by atoms with E-state index in [-0.39, 0.29) is 11.9 Å². The number of rotatable bonds is 3. The molecule has 0 saturated heterocycles. The molecule has 0 aliphatic carbocycles. The second kappa shape index (κ2) is 6.82. The summed E-state index contributed by atoms with van der Waals surface area (Å²) in [4.78, 5) is 12.3. The van der Waals surface area contributed by atoms with E-state index in [1.807, 2.05) is 32.0 Å². The number of benzene rings is 2. The fourth-order valence-corrected chi connectivity index (χ4v) is 2.56. The smallest absolute Gasteiger partial charge is 0.251 e. The van der Waals surface area contributed by atoms with E-state index in [1.165, 1.54) is 0 Å². The molecule has 0 aliphatic heterocycles. The summed E-state index contributed by atoms with van der Waals surface area (Å²) in [6, 6.07) is 10.7. The van der Waals surface area contributed by atoms with Crippen LogP contribution >= 0.6 is 39.1 Å². The monoisotopic (exact) mass is 385 g/mol. The Morgan fingerprint density at radius 3 is 2.48 bits per heavy atom. The normalized spacial score (nSPS) is 12.0. The highest BCUT2D eigenvalue weighted by Gasteiger charge is 2.13. The zero-order valence-corrected chi connectivity index (χ0v) is 14.7. The zero-order chi connectivity index (χ0) is 15.6. The van der Waals surface area contributed by atoms with Crippen molar-refractivity contribution in [3.63, 3.8) is 0 Å². The van der Waals surface area contributed by atoms with E-state index in [9.17, 15) is 4.79 Å². The molecule has 110 valence electrons. The Balaban J connectivity index is 2.14. The predicted octanol–water partition coefficient (Wildman–Crippen LogP) is 5.56. The molecular weight excluding hydrogens is 373 g/mol. The Hall–Kier alpha value is -1.03. The quantitative estimate of drug-likeness (QED) is 0.735. The van der Waals surface area contributed by atoms with Gasteiger partial charge in [0, 0.05) is 10.0 Å². The molecule has 5 heteroatoms. The largest absolute Gasteiger partial charge is 0.346 e. The molecule has 1 N–H and O–H groups in total. The van der Waals surface area contributed by atoms with Crippen LogP contribution in [0.3, 0.4) is 0 Å². The fraction of sp³-hybridized carbons (Fsp3) is 0.188. The van der Waals surface area contributed by atoms with Crippen LogP contribution in [0.5, 0.6) is 0 Å². The molecular formula is C16H14BrCl2NO. The Morgan fingerprint density at radius 1 is 1.14 bits per heavy atom. The minimum Gasteiger partial charge on any atom is -0.346 e. The summed E-state index contributed by atoms with van der Waals surface area (Å²) < 4.78 is 0.914. The van der Waals surface area contributed by atoms with E-state index in [2.05, 4.69) is 21.2 Å². The first-order valence-electron chi connectivity index (χ1n) is 6.40. The number of carbonyl (C=O) groups is 1. The van der Waals surface area contributed by atoms with Crippen LogP contribution in [-0.2, 0) is 0 Å². The average Bonchev–Trinajstić information content (AvgIpc) is 2.44. The van der Waals surface area contributed by atoms with Crippen molar-refractivity contribution >= 4 is 45.0 Å². The predicted molar refractivity (Wildman–Crippen MR) is 91.2 cm³/mol. The molecule has 2 aromatic carbocycles. The molecule has 0 spiro atoms. The molecule has 2 aromatic rings. The van der Waals surface area contributed by atoms with Gasteiger partial charge in [-0.15, -0.1) is 0 Å². The first-order chi connectivity index (χ1) is 9.88. The van der Waals surface area contributed by atoms with Gasteiger partial charge in [0.2, 0.25) is 0 Å². The van der Waals surface area contributed by atoms with E-state index in [4.69, 9.17) is 23.2 Å². The van der Waals surface area contributed by atoms with Crippen LogP contribution in [-0.4, -0.2) is 5.91 Å².